The van der Waals surface area contributed by atoms with Gasteiger partial charge in [-0.3, -0.25) is 14.3 Å². The second kappa shape index (κ2) is 8.86. The number of thiophene rings is 1. The molecule has 172 valence electrons. The van der Waals surface area contributed by atoms with E-state index < -0.39 is 11.3 Å². The Bertz CT molecular complexity index is 1340. The first-order chi connectivity index (χ1) is 15.8. The molecule has 0 saturated heterocycles. The minimum absolute atomic E-state index is 0.0126. The Morgan fingerprint density at radius 3 is 2.76 bits per heavy atom. The van der Waals surface area contributed by atoms with E-state index in [-0.39, 0.29) is 11.1 Å². The van der Waals surface area contributed by atoms with E-state index in [1.54, 1.807) is 11.8 Å². The van der Waals surface area contributed by atoms with Crippen molar-refractivity contribution in [2.75, 3.05) is 20.3 Å². The van der Waals surface area contributed by atoms with Crippen molar-refractivity contribution in [2.45, 2.75) is 39.2 Å². The van der Waals surface area contributed by atoms with Gasteiger partial charge in [-0.1, -0.05) is 18.2 Å². The van der Waals surface area contributed by atoms with E-state index in [0.29, 0.717) is 42.2 Å². The van der Waals surface area contributed by atoms with Crippen LogP contribution in [0.3, 0.4) is 0 Å². The maximum Gasteiger partial charge on any atom is 0.298 e. The molecular weight excluding hydrogens is 444 g/mol. The zero-order chi connectivity index (χ0) is 23.8. The molecule has 0 atom stereocenters. The molecule has 1 aliphatic rings. The Balaban J connectivity index is 1.90. The van der Waals surface area contributed by atoms with Crippen molar-refractivity contribution in [1.29, 1.82) is 0 Å². The minimum Gasteiger partial charge on any atom is -0.496 e. The van der Waals surface area contributed by atoms with Gasteiger partial charge in [0.15, 0.2) is 0 Å². The predicted octanol–water partition coefficient (Wildman–Crippen LogP) is 3.37. The first-order valence-electron chi connectivity index (χ1n) is 10.5. The molecule has 0 unspecified atom stereocenters. The van der Waals surface area contributed by atoms with Crippen LogP contribution in [0.25, 0.3) is 10.2 Å². The zero-order valence-electron chi connectivity index (χ0n) is 18.9. The number of fused-ring (bicyclic) bond motifs is 1. The number of hydrogen-bond donors (Lipinski definition) is 0. The van der Waals surface area contributed by atoms with E-state index in [4.69, 9.17) is 9.47 Å². The summed E-state index contributed by atoms with van der Waals surface area (Å²) in [5.41, 5.74) is -0.162. The lowest BCUT2D eigenvalue weighted by Crippen LogP contribution is -2.36. The molecule has 9 nitrogen and oxygen atoms in total. The average molecular weight is 469 g/mol. The minimum atomic E-state index is -1.46. The lowest BCUT2D eigenvalue weighted by molar-refractivity contribution is -0.122. The number of para-hydroxylation sites is 1. The molecule has 4 rings (SSSR count). The average Bonchev–Trinajstić information content (AvgIpc) is 3.46. The van der Waals surface area contributed by atoms with Gasteiger partial charge in [-0.15, -0.1) is 16.2 Å². The number of aryl methyl sites for hydroxylation is 3. The largest absolute Gasteiger partial charge is 0.496 e. The van der Waals surface area contributed by atoms with Gasteiger partial charge in [0.25, 0.3) is 5.91 Å². The molecule has 3 heterocycles. The molecular formula is C23H24N4O5S. The topological polar surface area (TPSA) is 112 Å². The number of aliphatic imine (C=N–C) groups is 1. The second-order valence-corrected chi connectivity index (χ2v) is 9.25. The SMILES string of the molecule is COc1ccccc1CCn1nc(C(C)(C)C(=O)N=O)c(=O)c2c(C)c(C3=NCCO3)sc21. The summed E-state index contributed by atoms with van der Waals surface area (Å²) in [5.74, 6) is 0.322. The molecule has 0 bridgehead atoms. The fourth-order valence-corrected chi connectivity index (χ4v) is 5.11. The normalized spacial score (nSPS) is 13.6. The Morgan fingerprint density at radius 2 is 2.09 bits per heavy atom. The zero-order valence-corrected chi connectivity index (χ0v) is 19.7. The van der Waals surface area contributed by atoms with Crippen LogP contribution in [0.5, 0.6) is 5.75 Å². The molecule has 0 fully saturated rings. The summed E-state index contributed by atoms with van der Waals surface area (Å²) in [5, 5.41) is 7.58. The summed E-state index contributed by atoms with van der Waals surface area (Å²) in [4.78, 5) is 42.6. The van der Waals surface area contributed by atoms with E-state index in [9.17, 15) is 14.5 Å². The molecule has 10 heteroatoms. The lowest BCUT2D eigenvalue weighted by atomic mass is 9.87. The van der Waals surface area contributed by atoms with E-state index in [0.717, 1.165) is 21.8 Å². The van der Waals surface area contributed by atoms with Crippen molar-refractivity contribution >= 4 is 33.4 Å². The number of rotatable bonds is 7. The van der Waals surface area contributed by atoms with Gasteiger partial charge in [0.1, 0.15) is 22.9 Å². The van der Waals surface area contributed by atoms with Crippen LogP contribution in [0.1, 0.15) is 35.5 Å². The molecule has 0 saturated carbocycles. The Hall–Kier alpha value is -3.40. The Kier molecular flexibility index (Phi) is 6.11. The monoisotopic (exact) mass is 468 g/mol. The van der Waals surface area contributed by atoms with Gasteiger partial charge in [-0.25, -0.2) is 4.99 Å². The smallest absolute Gasteiger partial charge is 0.298 e. The number of carbonyl (C=O) groups excluding carboxylic acids is 1. The molecule has 0 N–H and O–H groups in total. The summed E-state index contributed by atoms with van der Waals surface area (Å²) in [7, 11) is 1.62. The van der Waals surface area contributed by atoms with Crippen LogP contribution in [-0.2, 0) is 27.9 Å². The highest BCUT2D eigenvalue weighted by atomic mass is 32.1. The third kappa shape index (κ3) is 3.95. The van der Waals surface area contributed by atoms with Crippen molar-refractivity contribution in [3.63, 3.8) is 0 Å². The van der Waals surface area contributed by atoms with E-state index >= 15 is 0 Å². The van der Waals surface area contributed by atoms with Crippen LogP contribution >= 0.6 is 11.3 Å². The highest BCUT2D eigenvalue weighted by Crippen LogP contribution is 2.32. The number of amides is 1. The van der Waals surface area contributed by atoms with Gasteiger partial charge in [0.2, 0.25) is 11.3 Å². The summed E-state index contributed by atoms with van der Waals surface area (Å²) in [6.07, 6.45) is 0.582. The maximum absolute atomic E-state index is 13.5. The number of nitroso groups, excluding NO2 is 1. The molecule has 1 aromatic carbocycles. The quantitative estimate of drug-likeness (QED) is 0.492. The molecule has 3 aromatic rings. The van der Waals surface area contributed by atoms with Gasteiger partial charge in [-0.2, -0.15) is 5.10 Å². The van der Waals surface area contributed by atoms with Crippen LogP contribution in [0.15, 0.2) is 39.2 Å². The molecule has 33 heavy (non-hydrogen) atoms. The molecule has 1 amide bonds. The molecule has 0 spiro atoms. The highest BCUT2D eigenvalue weighted by molar-refractivity contribution is 7.20. The number of methoxy groups -OCH3 is 1. The van der Waals surface area contributed by atoms with E-state index in [1.807, 2.05) is 31.2 Å². The van der Waals surface area contributed by atoms with Crippen molar-refractivity contribution in [3.8, 4) is 5.75 Å². The highest BCUT2D eigenvalue weighted by Gasteiger charge is 2.37. The molecule has 0 radical (unpaired) electrons. The fourth-order valence-electron chi connectivity index (χ4n) is 3.87. The summed E-state index contributed by atoms with van der Waals surface area (Å²) < 4.78 is 12.8. The van der Waals surface area contributed by atoms with Gasteiger partial charge >= 0.3 is 0 Å². The standard InChI is InChI=1S/C23H24N4O5S/c1-13-16-17(28)19(23(2,3)22(29)26-30)25-27(11-9-14-7-5-6-8-15(14)31-4)21(16)33-18(13)20-24-10-12-32-20/h5-8H,9-12H2,1-4H3. The first-order valence-corrected chi connectivity index (χ1v) is 11.3. The summed E-state index contributed by atoms with van der Waals surface area (Å²) in [6, 6.07) is 7.68. The molecule has 2 aromatic heterocycles. The van der Waals surface area contributed by atoms with E-state index in [2.05, 4.69) is 15.3 Å². The number of nitrogens with zero attached hydrogens (tertiary/aromatic N) is 4. The van der Waals surface area contributed by atoms with Crippen molar-refractivity contribution in [3.05, 3.63) is 61.1 Å². The number of aromatic nitrogens is 2. The number of hydrogen-bond acceptors (Lipinski definition) is 8. The van der Waals surface area contributed by atoms with Crippen LogP contribution < -0.4 is 10.2 Å². The third-order valence-corrected chi connectivity index (χ3v) is 7.09. The van der Waals surface area contributed by atoms with Gasteiger partial charge < -0.3 is 9.47 Å². The number of benzene rings is 1. The number of ether oxygens (including phenoxy) is 2. The summed E-state index contributed by atoms with van der Waals surface area (Å²) in [6.45, 7) is 6.30. The first kappa shape index (κ1) is 22.8. The van der Waals surface area contributed by atoms with E-state index in [1.165, 1.54) is 25.2 Å². The van der Waals surface area contributed by atoms with Gasteiger partial charge in [0, 0.05) is 11.7 Å². The Labute approximate surface area is 194 Å². The van der Waals surface area contributed by atoms with Crippen molar-refractivity contribution in [2.24, 2.45) is 10.2 Å². The van der Waals surface area contributed by atoms with Crippen LogP contribution in [0.4, 0.5) is 0 Å². The van der Waals surface area contributed by atoms with Crippen LogP contribution in [0, 0.1) is 11.8 Å². The van der Waals surface area contributed by atoms with Gasteiger partial charge in [0.05, 0.1) is 29.3 Å². The van der Waals surface area contributed by atoms with Gasteiger partial charge in [-0.05, 0) is 44.4 Å². The van der Waals surface area contributed by atoms with Crippen molar-refractivity contribution < 1.29 is 14.3 Å². The third-order valence-electron chi connectivity index (χ3n) is 5.80. The molecule has 0 aliphatic carbocycles. The lowest BCUT2D eigenvalue weighted by Gasteiger charge is -2.19. The van der Waals surface area contributed by atoms with Crippen LogP contribution in [0.2, 0.25) is 0 Å². The maximum atomic E-state index is 13.5. The fraction of sp³-hybridized carbons (Fsp3) is 0.391. The number of carbonyl (C=O) groups is 1. The second-order valence-electron chi connectivity index (χ2n) is 8.26. The molecule has 1 aliphatic heterocycles. The van der Waals surface area contributed by atoms with Crippen molar-refractivity contribution in [1.82, 2.24) is 9.78 Å². The predicted molar refractivity (Wildman–Crippen MR) is 126 cm³/mol. The van der Waals surface area contributed by atoms with Crippen LogP contribution in [-0.4, -0.2) is 41.8 Å². The summed E-state index contributed by atoms with van der Waals surface area (Å²) >= 11 is 1.38. The Morgan fingerprint density at radius 1 is 1.33 bits per heavy atom.